The Labute approximate surface area is 135 Å². The number of nitrogens with zero attached hydrogens (tertiary/aromatic N) is 4. The van der Waals surface area contributed by atoms with E-state index < -0.39 is 0 Å². The normalized spacial score (nSPS) is 17.6. The van der Waals surface area contributed by atoms with Gasteiger partial charge in [-0.2, -0.15) is 0 Å². The highest BCUT2D eigenvalue weighted by atomic mass is 32.1. The van der Waals surface area contributed by atoms with Crippen molar-refractivity contribution in [3.63, 3.8) is 0 Å². The van der Waals surface area contributed by atoms with E-state index in [1.54, 1.807) is 11.3 Å². The molecular weight excluding hydrogens is 296 g/mol. The lowest BCUT2D eigenvalue weighted by Gasteiger charge is -2.34. The van der Waals surface area contributed by atoms with Crippen LogP contribution < -0.4 is 4.90 Å². The fourth-order valence-electron chi connectivity index (χ4n) is 2.71. The number of aromatic nitrogens is 2. The molecule has 0 spiro atoms. The molecule has 118 valence electrons. The minimum atomic E-state index is -0.259. The summed E-state index contributed by atoms with van der Waals surface area (Å²) in [7, 11) is 0. The number of rotatable bonds is 5. The van der Waals surface area contributed by atoms with E-state index in [1.807, 2.05) is 13.0 Å². The number of benzene rings is 1. The Kier molecular flexibility index (Phi) is 5.02. The van der Waals surface area contributed by atoms with Crippen molar-refractivity contribution in [3.8, 4) is 0 Å². The van der Waals surface area contributed by atoms with Gasteiger partial charge in [-0.3, -0.25) is 4.90 Å². The average molecular weight is 318 g/mol. The highest BCUT2D eigenvalue weighted by molar-refractivity contribution is 7.15. The Bertz CT molecular complexity index is 579. The van der Waals surface area contributed by atoms with E-state index in [9.17, 15) is 5.11 Å². The second kappa shape index (κ2) is 7.17. The summed E-state index contributed by atoms with van der Waals surface area (Å²) in [5.74, 6) is 0. The van der Waals surface area contributed by atoms with E-state index in [1.165, 1.54) is 5.56 Å². The zero-order chi connectivity index (χ0) is 15.4. The lowest BCUT2D eigenvalue weighted by molar-refractivity contribution is 0.122. The third kappa shape index (κ3) is 4.03. The Morgan fingerprint density at radius 1 is 1.14 bits per heavy atom. The van der Waals surface area contributed by atoms with Crippen molar-refractivity contribution >= 4 is 16.5 Å². The highest BCUT2D eigenvalue weighted by Gasteiger charge is 2.20. The molecule has 1 aliphatic heterocycles. The molecule has 22 heavy (non-hydrogen) atoms. The lowest BCUT2D eigenvalue weighted by Crippen LogP contribution is -2.48. The molecule has 3 rings (SSSR count). The summed E-state index contributed by atoms with van der Waals surface area (Å²) in [4.78, 5) is 4.60. The van der Waals surface area contributed by atoms with Crippen LogP contribution in [0.4, 0.5) is 5.13 Å². The summed E-state index contributed by atoms with van der Waals surface area (Å²) in [5, 5.41) is 20.2. The Morgan fingerprint density at radius 2 is 1.86 bits per heavy atom. The third-order valence-corrected chi connectivity index (χ3v) is 4.80. The smallest absolute Gasteiger partial charge is 0.208 e. The van der Waals surface area contributed by atoms with Crippen LogP contribution in [0.25, 0.3) is 0 Å². The number of β-amino-alcohol motifs (C(OH)–C–C–N with tert-alkyl or cyclic N) is 1. The molecule has 1 aromatic carbocycles. The van der Waals surface area contributed by atoms with Gasteiger partial charge in [-0.25, -0.2) is 0 Å². The number of piperazine rings is 1. The number of aliphatic hydroxyl groups is 1. The Hall–Kier alpha value is -1.50. The maximum atomic E-state index is 9.46. The van der Waals surface area contributed by atoms with Crippen LogP contribution in [0.15, 0.2) is 30.3 Å². The summed E-state index contributed by atoms with van der Waals surface area (Å²) in [5.41, 5.74) is 1.27. The van der Waals surface area contributed by atoms with E-state index >= 15 is 0 Å². The van der Waals surface area contributed by atoms with Crippen LogP contribution in [0.5, 0.6) is 0 Å². The van der Waals surface area contributed by atoms with Gasteiger partial charge in [0.05, 0.1) is 6.10 Å². The fourth-order valence-corrected chi connectivity index (χ4v) is 3.63. The van der Waals surface area contributed by atoms with Gasteiger partial charge in [0.15, 0.2) is 0 Å². The molecule has 0 amide bonds. The first-order valence-corrected chi connectivity index (χ1v) is 8.54. The highest BCUT2D eigenvalue weighted by Crippen LogP contribution is 2.23. The predicted octanol–water partition coefficient (Wildman–Crippen LogP) is 1.63. The van der Waals surface area contributed by atoms with Crippen molar-refractivity contribution in [1.29, 1.82) is 0 Å². The molecular formula is C16H22N4OS. The molecule has 5 nitrogen and oxygen atoms in total. The molecule has 1 saturated heterocycles. The summed E-state index contributed by atoms with van der Waals surface area (Å²) in [6.07, 6.45) is 0.589. The van der Waals surface area contributed by atoms with Gasteiger partial charge in [0.1, 0.15) is 5.01 Å². The Balaban J connectivity index is 1.56. The molecule has 0 unspecified atom stereocenters. The zero-order valence-electron chi connectivity index (χ0n) is 12.9. The van der Waals surface area contributed by atoms with Crippen molar-refractivity contribution in [1.82, 2.24) is 15.1 Å². The van der Waals surface area contributed by atoms with Crippen LogP contribution in [0.1, 0.15) is 17.5 Å². The van der Waals surface area contributed by atoms with Gasteiger partial charge in [-0.05, 0) is 12.5 Å². The monoisotopic (exact) mass is 318 g/mol. The maximum absolute atomic E-state index is 9.46. The number of hydrogen-bond donors (Lipinski definition) is 1. The minimum absolute atomic E-state index is 0.259. The van der Waals surface area contributed by atoms with Crippen molar-refractivity contribution in [2.75, 3.05) is 37.6 Å². The molecule has 0 radical (unpaired) electrons. The van der Waals surface area contributed by atoms with Crippen molar-refractivity contribution in [3.05, 3.63) is 40.9 Å². The first kappa shape index (κ1) is 15.4. The second-order valence-electron chi connectivity index (χ2n) is 5.78. The number of hydrogen-bond acceptors (Lipinski definition) is 6. The molecule has 2 heterocycles. The quantitative estimate of drug-likeness (QED) is 0.908. The second-order valence-corrected chi connectivity index (χ2v) is 6.82. The first-order chi connectivity index (χ1) is 10.7. The standard InChI is InChI=1S/C16H22N4OS/c1-13(21)12-19-7-9-20(10-8-19)16-18-17-15(22-16)11-14-5-3-2-4-6-14/h2-6,13,21H,7-12H2,1H3/t13-/m1/s1. The zero-order valence-corrected chi connectivity index (χ0v) is 13.7. The van der Waals surface area contributed by atoms with Crippen molar-refractivity contribution < 1.29 is 5.11 Å². The summed E-state index contributed by atoms with van der Waals surface area (Å²) >= 11 is 1.69. The van der Waals surface area contributed by atoms with Gasteiger partial charge in [-0.1, -0.05) is 41.7 Å². The van der Waals surface area contributed by atoms with Crippen LogP contribution in [0, 0.1) is 0 Å². The summed E-state index contributed by atoms with van der Waals surface area (Å²) in [6.45, 7) is 6.44. The van der Waals surface area contributed by atoms with Crippen molar-refractivity contribution in [2.45, 2.75) is 19.4 Å². The molecule has 1 aromatic heterocycles. The van der Waals surface area contributed by atoms with Crippen LogP contribution in [0.3, 0.4) is 0 Å². The third-order valence-electron chi connectivity index (χ3n) is 3.82. The van der Waals surface area contributed by atoms with Crippen LogP contribution in [-0.4, -0.2) is 59.0 Å². The van der Waals surface area contributed by atoms with Gasteiger partial charge in [0.25, 0.3) is 0 Å². The van der Waals surface area contributed by atoms with Crippen LogP contribution in [0.2, 0.25) is 0 Å². The predicted molar refractivity (Wildman–Crippen MR) is 89.5 cm³/mol. The van der Waals surface area contributed by atoms with Gasteiger partial charge in [0.2, 0.25) is 5.13 Å². The van der Waals surface area contributed by atoms with Gasteiger partial charge in [0, 0.05) is 39.1 Å². The largest absolute Gasteiger partial charge is 0.392 e. The van der Waals surface area contributed by atoms with Crippen LogP contribution in [-0.2, 0) is 6.42 Å². The molecule has 0 bridgehead atoms. The summed E-state index contributed by atoms with van der Waals surface area (Å²) < 4.78 is 0. The molecule has 6 heteroatoms. The van der Waals surface area contributed by atoms with E-state index in [-0.39, 0.29) is 6.10 Å². The van der Waals surface area contributed by atoms with Crippen LogP contribution >= 0.6 is 11.3 Å². The molecule has 1 N–H and O–H groups in total. The fraction of sp³-hybridized carbons (Fsp3) is 0.500. The molecule has 1 fully saturated rings. The SMILES string of the molecule is C[C@@H](O)CN1CCN(c2nnc(Cc3ccccc3)s2)CC1. The van der Waals surface area contributed by atoms with E-state index in [0.717, 1.165) is 49.3 Å². The van der Waals surface area contributed by atoms with Crippen molar-refractivity contribution in [2.24, 2.45) is 0 Å². The van der Waals surface area contributed by atoms with E-state index in [2.05, 4.69) is 44.3 Å². The molecule has 2 aromatic rings. The van der Waals surface area contributed by atoms with E-state index in [4.69, 9.17) is 0 Å². The Morgan fingerprint density at radius 3 is 2.55 bits per heavy atom. The van der Waals surface area contributed by atoms with Gasteiger partial charge in [-0.15, -0.1) is 10.2 Å². The average Bonchev–Trinajstić information content (AvgIpc) is 2.97. The van der Waals surface area contributed by atoms with Gasteiger partial charge < -0.3 is 10.0 Å². The topological polar surface area (TPSA) is 52.5 Å². The number of anilines is 1. The summed E-state index contributed by atoms with van der Waals surface area (Å²) in [6, 6.07) is 10.4. The minimum Gasteiger partial charge on any atom is -0.392 e. The van der Waals surface area contributed by atoms with E-state index in [0.29, 0.717) is 0 Å². The molecule has 0 saturated carbocycles. The van der Waals surface area contributed by atoms with Gasteiger partial charge >= 0.3 is 0 Å². The lowest BCUT2D eigenvalue weighted by atomic mass is 10.2. The number of aliphatic hydroxyl groups excluding tert-OH is 1. The maximum Gasteiger partial charge on any atom is 0.208 e. The molecule has 0 aliphatic carbocycles. The first-order valence-electron chi connectivity index (χ1n) is 7.72. The molecule has 1 aliphatic rings. The molecule has 1 atom stereocenters.